The lowest BCUT2D eigenvalue weighted by molar-refractivity contribution is 0.0290. The Morgan fingerprint density at radius 1 is 1.18 bits per heavy atom. The molecule has 0 radical (unpaired) electrons. The molecule has 0 spiro atoms. The van der Waals surface area contributed by atoms with Gasteiger partial charge in [0.2, 0.25) is 0 Å². The lowest BCUT2D eigenvalue weighted by Crippen LogP contribution is -2.16. The quantitative estimate of drug-likeness (QED) is 0.803. The van der Waals surface area contributed by atoms with Crippen molar-refractivity contribution in [3.8, 4) is 11.5 Å². The molecular formula is C14H20O3. The molecule has 0 amide bonds. The molecule has 1 heterocycles. The Bertz CT molecular complexity index is 374. The van der Waals surface area contributed by atoms with Crippen LogP contribution < -0.4 is 9.47 Å². The fraction of sp³-hybridized carbons (Fsp3) is 0.571. The summed E-state index contributed by atoms with van der Waals surface area (Å²) in [6.07, 6.45) is 0.121. The summed E-state index contributed by atoms with van der Waals surface area (Å²) in [6.45, 7) is 8.32. The molecule has 0 aliphatic carbocycles. The van der Waals surface area contributed by atoms with Crippen LogP contribution in [-0.2, 0) is 4.74 Å². The highest BCUT2D eigenvalue weighted by Crippen LogP contribution is 2.35. The summed E-state index contributed by atoms with van der Waals surface area (Å²) in [4.78, 5) is 0. The van der Waals surface area contributed by atoms with E-state index in [9.17, 15) is 0 Å². The van der Waals surface area contributed by atoms with Crippen LogP contribution in [0.3, 0.4) is 0 Å². The van der Waals surface area contributed by atoms with Gasteiger partial charge in [0, 0.05) is 6.61 Å². The van der Waals surface area contributed by atoms with E-state index in [1.165, 1.54) is 0 Å². The molecule has 0 saturated carbocycles. The minimum absolute atomic E-state index is 0.121. The summed E-state index contributed by atoms with van der Waals surface area (Å²) >= 11 is 0. The Kier molecular flexibility index (Phi) is 3.89. The Labute approximate surface area is 103 Å². The second kappa shape index (κ2) is 5.41. The van der Waals surface area contributed by atoms with Crippen molar-refractivity contribution in [3.05, 3.63) is 23.8 Å². The van der Waals surface area contributed by atoms with E-state index in [0.717, 1.165) is 23.7 Å². The van der Waals surface area contributed by atoms with Crippen molar-refractivity contribution in [2.75, 3.05) is 19.8 Å². The standard InChI is InChI=1S/C14H20O3/c1-4-15-14(10(2)3)11-5-6-12-13(9-11)17-8-7-16-12/h5-6,9-10,14H,4,7-8H2,1-3H3. The van der Waals surface area contributed by atoms with Crippen LogP contribution in [0.25, 0.3) is 0 Å². The lowest BCUT2D eigenvalue weighted by Gasteiger charge is -2.24. The first-order valence-electron chi connectivity index (χ1n) is 6.23. The zero-order valence-corrected chi connectivity index (χ0v) is 10.7. The number of ether oxygens (including phenoxy) is 3. The molecule has 1 atom stereocenters. The van der Waals surface area contributed by atoms with Crippen molar-refractivity contribution in [1.82, 2.24) is 0 Å². The van der Waals surface area contributed by atoms with E-state index >= 15 is 0 Å². The van der Waals surface area contributed by atoms with Crippen molar-refractivity contribution < 1.29 is 14.2 Å². The molecule has 0 N–H and O–H groups in total. The molecule has 1 aromatic carbocycles. The van der Waals surface area contributed by atoms with Crippen LogP contribution in [0.5, 0.6) is 11.5 Å². The third kappa shape index (κ3) is 2.72. The molecule has 1 aliphatic heterocycles. The number of fused-ring (bicyclic) bond motifs is 1. The lowest BCUT2D eigenvalue weighted by atomic mass is 9.98. The zero-order chi connectivity index (χ0) is 12.3. The maximum atomic E-state index is 5.78. The highest BCUT2D eigenvalue weighted by molar-refractivity contribution is 5.44. The average Bonchev–Trinajstić information content (AvgIpc) is 2.35. The Morgan fingerprint density at radius 3 is 2.53 bits per heavy atom. The van der Waals surface area contributed by atoms with Crippen LogP contribution in [0, 0.1) is 5.92 Å². The van der Waals surface area contributed by atoms with E-state index in [4.69, 9.17) is 14.2 Å². The van der Waals surface area contributed by atoms with Gasteiger partial charge in [-0.2, -0.15) is 0 Å². The number of hydrogen-bond donors (Lipinski definition) is 0. The first kappa shape index (κ1) is 12.2. The predicted octanol–water partition coefficient (Wildman–Crippen LogP) is 3.19. The fourth-order valence-electron chi connectivity index (χ4n) is 2.09. The molecule has 0 saturated heterocycles. The maximum Gasteiger partial charge on any atom is 0.161 e. The van der Waals surface area contributed by atoms with Gasteiger partial charge in [-0.15, -0.1) is 0 Å². The molecule has 3 heteroatoms. The monoisotopic (exact) mass is 236 g/mol. The molecule has 2 rings (SSSR count). The Hall–Kier alpha value is -1.22. The summed E-state index contributed by atoms with van der Waals surface area (Å²) in [6, 6.07) is 6.07. The van der Waals surface area contributed by atoms with Crippen LogP contribution in [0.4, 0.5) is 0 Å². The first-order chi connectivity index (χ1) is 8.22. The van der Waals surface area contributed by atoms with E-state index in [0.29, 0.717) is 19.1 Å². The van der Waals surface area contributed by atoms with Crippen molar-refractivity contribution in [2.24, 2.45) is 5.92 Å². The van der Waals surface area contributed by atoms with Gasteiger partial charge in [0.25, 0.3) is 0 Å². The second-order valence-corrected chi connectivity index (χ2v) is 4.52. The second-order valence-electron chi connectivity index (χ2n) is 4.52. The Morgan fingerprint density at radius 2 is 1.88 bits per heavy atom. The molecule has 0 aromatic heterocycles. The van der Waals surface area contributed by atoms with E-state index in [-0.39, 0.29) is 6.10 Å². The van der Waals surface area contributed by atoms with Gasteiger partial charge >= 0.3 is 0 Å². The third-order valence-corrected chi connectivity index (χ3v) is 2.85. The molecule has 1 aliphatic rings. The normalized spacial score (nSPS) is 16.0. The minimum atomic E-state index is 0.121. The van der Waals surface area contributed by atoms with Crippen LogP contribution >= 0.6 is 0 Å². The largest absolute Gasteiger partial charge is 0.486 e. The predicted molar refractivity (Wildman–Crippen MR) is 66.6 cm³/mol. The molecule has 1 aromatic rings. The van der Waals surface area contributed by atoms with Gasteiger partial charge in [-0.05, 0) is 30.5 Å². The molecule has 1 unspecified atom stereocenters. The van der Waals surface area contributed by atoms with Gasteiger partial charge < -0.3 is 14.2 Å². The van der Waals surface area contributed by atoms with Crippen molar-refractivity contribution in [2.45, 2.75) is 26.9 Å². The van der Waals surface area contributed by atoms with Crippen molar-refractivity contribution in [3.63, 3.8) is 0 Å². The number of hydrogen-bond acceptors (Lipinski definition) is 3. The maximum absolute atomic E-state index is 5.78. The zero-order valence-electron chi connectivity index (χ0n) is 10.7. The molecule has 0 fully saturated rings. The number of benzene rings is 1. The van der Waals surface area contributed by atoms with Crippen LogP contribution in [-0.4, -0.2) is 19.8 Å². The summed E-state index contributed by atoms with van der Waals surface area (Å²) in [7, 11) is 0. The van der Waals surface area contributed by atoms with E-state index < -0.39 is 0 Å². The molecular weight excluding hydrogens is 216 g/mol. The van der Waals surface area contributed by atoms with Crippen LogP contribution in [0.1, 0.15) is 32.4 Å². The van der Waals surface area contributed by atoms with Gasteiger partial charge in [-0.1, -0.05) is 19.9 Å². The number of rotatable bonds is 4. The van der Waals surface area contributed by atoms with Gasteiger partial charge in [0.1, 0.15) is 13.2 Å². The summed E-state index contributed by atoms with van der Waals surface area (Å²) in [5, 5.41) is 0. The van der Waals surface area contributed by atoms with Crippen molar-refractivity contribution >= 4 is 0 Å². The van der Waals surface area contributed by atoms with Gasteiger partial charge in [0.05, 0.1) is 6.10 Å². The summed E-state index contributed by atoms with van der Waals surface area (Å²) in [5.74, 6) is 2.11. The van der Waals surface area contributed by atoms with Crippen molar-refractivity contribution in [1.29, 1.82) is 0 Å². The highest BCUT2D eigenvalue weighted by atomic mass is 16.6. The van der Waals surface area contributed by atoms with E-state index in [2.05, 4.69) is 19.9 Å². The highest BCUT2D eigenvalue weighted by Gasteiger charge is 2.19. The average molecular weight is 236 g/mol. The SMILES string of the molecule is CCOC(c1ccc2c(c1)OCCO2)C(C)C. The van der Waals surface area contributed by atoms with Gasteiger partial charge in [-0.3, -0.25) is 0 Å². The van der Waals surface area contributed by atoms with Crippen LogP contribution in [0.15, 0.2) is 18.2 Å². The molecule has 94 valence electrons. The summed E-state index contributed by atoms with van der Waals surface area (Å²) in [5.41, 5.74) is 1.16. The van der Waals surface area contributed by atoms with Gasteiger partial charge in [-0.25, -0.2) is 0 Å². The van der Waals surface area contributed by atoms with Gasteiger partial charge in [0.15, 0.2) is 11.5 Å². The van der Waals surface area contributed by atoms with E-state index in [1.54, 1.807) is 0 Å². The fourth-order valence-corrected chi connectivity index (χ4v) is 2.09. The third-order valence-electron chi connectivity index (χ3n) is 2.85. The topological polar surface area (TPSA) is 27.7 Å². The summed E-state index contributed by atoms with van der Waals surface area (Å²) < 4.78 is 16.9. The van der Waals surface area contributed by atoms with Crippen LogP contribution in [0.2, 0.25) is 0 Å². The first-order valence-corrected chi connectivity index (χ1v) is 6.23. The Balaban J connectivity index is 2.25. The molecule has 17 heavy (non-hydrogen) atoms. The van der Waals surface area contributed by atoms with E-state index in [1.807, 2.05) is 19.1 Å². The molecule has 3 nitrogen and oxygen atoms in total. The smallest absolute Gasteiger partial charge is 0.161 e. The minimum Gasteiger partial charge on any atom is -0.486 e. The molecule has 0 bridgehead atoms.